The Morgan fingerprint density at radius 1 is 1.23 bits per heavy atom. The van der Waals surface area contributed by atoms with E-state index in [0.717, 1.165) is 26.8 Å². The molecule has 1 N–H and O–H groups in total. The normalized spacial score (nSPS) is 11.1. The molecule has 0 aliphatic carbocycles. The maximum atomic E-state index is 13.9. The zero-order valence-electron chi connectivity index (χ0n) is 16.6. The van der Waals surface area contributed by atoms with E-state index in [1.165, 1.54) is 40.7 Å². The molecule has 1 amide bonds. The topological polar surface area (TPSA) is 81.3 Å². The lowest BCUT2D eigenvalue weighted by atomic mass is 10.2. The number of carbonyl (C=O) groups excluding carboxylic acids is 1. The molecule has 0 atom stereocenters. The van der Waals surface area contributed by atoms with Gasteiger partial charge in [-0.2, -0.15) is 0 Å². The van der Waals surface area contributed by atoms with Crippen LogP contribution in [0.15, 0.2) is 63.5 Å². The highest BCUT2D eigenvalue weighted by Gasteiger charge is 2.16. The summed E-state index contributed by atoms with van der Waals surface area (Å²) in [5.74, 6) is -1.26. The number of nitrogens with zero attached hydrogens (tertiary/aromatic N) is 4. The van der Waals surface area contributed by atoms with Gasteiger partial charge in [-0.25, -0.2) is 23.3 Å². The van der Waals surface area contributed by atoms with Gasteiger partial charge in [0.05, 0.1) is 5.69 Å². The van der Waals surface area contributed by atoms with Crippen molar-refractivity contribution in [2.24, 2.45) is 0 Å². The summed E-state index contributed by atoms with van der Waals surface area (Å²) in [6.45, 7) is 3.64. The number of nitrogens with one attached hydrogen (secondary N) is 1. The standard InChI is InChI=1S/C21H17ClFN5O2S/c1-12-3-6-17(13(2)9-12)31-20-19-26-28(21(30)27(19)8-7-24-20)11-18(29)25-16-5-4-14(22)10-15(16)23/h3-10H,11H2,1-2H3,(H,25,29). The van der Waals surface area contributed by atoms with Crippen LogP contribution in [0.5, 0.6) is 0 Å². The van der Waals surface area contributed by atoms with Crippen LogP contribution in [0.3, 0.4) is 0 Å². The summed E-state index contributed by atoms with van der Waals surface area (Å²) < 4.78 is 16.3. The molecular weight excluding hydrogens is 441 g/mol. The maximum absolute atomic E-state index is 13.9. The van der Waals surface area contributed by atoms with Gasteiger partial charge in [0.15, 0.2) is 5.65 Å². The highest BCUT2D eigenvalue weighted by Crippen LogP contribution is 2.31. The minimum Gasteiger partial charge on any atom is -0.322 e. The number of benzene rings is 2. The molecule has 0 bridgehead atoms. The fourth-order valence-electron chi connectivity index (χ4n) is 3.04. The Balaban J connectivity index is 1.61. The molecule has 0 spiro atoms. The molecule has 7 nitrogen and oxygen atoms in total. The number of aromatic nitrogens is 4. The molecule has 4 rings (SSSR count). The highest BCUT2D eigenvalue weighted by molar-refractivity contribution is 7.99. The van der Waals surface area contributed by atoms with Gasteiger partial charge in [-0.05, 0) is 43.7 Å². The largest absolute Gasteiger partial charge is 0.350 e. The zero-order chi connectivity index (χ0) is 22.1. The third-order valence-electron chi connectivity index (χ3n) is 4.50. The number of amides is 1. The summed E-state index contributed by atoms with van der Waals surface area (Å²) in [4.78, 5) is 30.4. The van der Waals surface area contributed by atoms with Crippen LogP contribution >= 0.6 is 23.4 Å². The molecule has 0 fully saturated rings. The Morgan fingerprint density at radius 2 is 2.03 bits per heavy atom. The van der Waals surface area contributed by atoms with Crippen LogP contribution in [0.1, 0.15) is 11.1 Å². The fourth-order valence-corrected chi connectivity index (χ4v) is 4.10. The average molecular weight is 458 g/mol. The minimum atomic E-state index is -0.667. The van der Waals surface area contributed by atoms with E-state index < -0.39 is 17.4 Å². The van der Waals surface area contributed by atoms with Crippen LogP contribution < -0.4 is 11.0 Å². The van der Waals surface area contributed by atoms with Crippen molar-refractivity contribution < 1.29 is 9.18 Å². The molecule has 0 aliphatic rings. The Kier molecular flexibility index (Phi) is 5.79. The highest BCUT2D eigenvalue weighted by atomic mass is 35.5. The lowest BCUT2D eigenvalue weighted by Crippen LogP contribution is -2.28. The third-order valence-corrected chi connectivity index (χ3v) is 5.90. The van der Waals surface area contributed by atoms with E-state index in [9.17, 15) is 14.0 Å². The second-order valence-electron chi connectivity index (χ2n) is 6.91. The van der Waals surface area contributed by atoms with Gasteiger partial charge in [0.25, 0.3) is 0 Å². The molecule has 31 heavy (non-hydrogen) atoms. The van der Waals surface area contributed by atoms with Crippen molar-refractivity contribution in [1.29, 1.82) is 0 Å². The smallest absolute Gasteiger partial charge is 0.322 e. The predicted molar refractivity (Wildman–Crippen MR) is 117 cm³/mol. The molecule has 4 aromatic rings. The molecule has 2 aromatic heterocycles. The Bertz CT molecular complexity index is 1370. The van der Waals surface area contributed by atoms with Gasteiger partial charge in [-0.3, -0.25) is 4.79 Å². The van der Waals surface area contributed by atoms with Gasteiger partial charge in [-0.15, -0.1) is 5.10 Å². The van der Waals surface area contributed by atoms with Crippen molar-refractivity contribution in [1.82, 2.24) is 19.2 Å². The third kappa shape index (κ3) is 4.47. The van der Waals surface area contributed by atoms with Crippen LogP contribution in [0.25, 0.3) is 5.65 Å². The summed E-state index contributed by atoms with van der Waals surface area (Å²) in [6, 6.07) is 9.96. The molecule has 0 radical (unpaired) electrons. The van der Waals surface area contributed by atoms with Crippen molar-refractivity contribution in [3.8, 4) is 0 Å². The second-order valence-corrected chi connectivity index (χ2v) is 8.38. The van der Waals surface area contributed by atoms with E-state index in [4.69, 9.17) is 11.6 Å². The summed E-state index contributed by atoms with van der Waals surface area (Å²) in [5, 5.41) is 7.46. The SMILES string of the molecule is Cc1ccc(Sc2nccn3c(=O)n(CC(=O)Nc4ccc(Cl)cc4F)nc23)c(C)c1. The second kappa shape index (κ2) is 8.52. The minimum absolute atomic E-state index is 0.0287. The van der Waals surface area contributed by atoms with E-state index in [1.807, 2.05) is 26.0 Å². The number of aryl methyl sites for hydroxylation is 2. The van der Waals surface area contributed by atoms with Crippen molar-refractivity contribution >= 4 is 40.6 Å². The lowest BCUT2D eigenvalue weighted by Gasteiger charge is -2.06. The van der Waals surface area contributed by atoms with Gasteiger partial charge in [-0.1, -0.05) is 41.1 Å². The Labute approximate surface area is 185 Å². The quantitative estimate of drug-likeness (QED) is 0.488. The number of rotatable bonds is 5. The first-order valence-electron chi connectivity index (χ1n) is 9.26. The number of hydrogen-bond donors (Lipinski definition) is 1. The summed E-state index contributed by atoms with van der Waals surface area (Å²) >= 11 is 7.11. The lowest BCUT2D eigenvalue weighted by molar-refractivity contribution is -0.117. The molecule has 10 heteroatoms. The van der Waals surface area contributed by atoms with Crippen molar-refractivity contribution in [3.63, 3.8) is 0 Å². The molecule has 0 saturated heterocycles. The van der Waals surface area contributed by atoms with E-state index in [2.05, 4.69) is 21.5 Å². The molecule has 2 aromatic carbocycles. The first kappa shape index (κ1) is 21.1. The average Bonchev–Trinajstić information content (AvgIpc) is 3.03. The monoisotopic (exact) mass is 457 g/mol. The first-order chi connectivity index (χ1) is 14.8. The van der Waals surface area contributed by atoms with Gasteiger partial charge in [0, 0.05) is 22.3 Å². The van der Waals surface area contributed by atoms with Crippen molar-refractivity contribution in [2.45, 2.75) is 30.3 Å². The van der Waals surface area contributed by atoms with Gasteiger partial charge in [0.1, 0.15) is 17.4 Å². The van der Waals surface area contributed by atoms with E-state index >= 15 is 0 Å². The van der Waals surface area contributed by atoms with Crippen LogP contribution in [0.4, 0.5) is 10.1 Å². The van der Waals surface area contributed by atoms with Crippen LogP contribution in [-0.2, 0) is 11.3 Å². The number of hydrogen-bond acceptors (Lipinski definition) is 5. The predicted octanol–water partition coefficient (Wildman–Crippen LogP) is 4.09. The molecule has 0 unspecified atom stereocenters. The van der Waals surface area contributed by atoms with Crippen LogP contribution in [0, 0.1) is 19.7 Å². The van der Waals surface area contributed by atoms with Crippen LogP contribution in [-0.4, -0.2) is 25.1 Å². The van der Waals surface area contributed by atoms with Gasteiger partial charge >= 0.3 is 5.69 Å². The number of anilines is 1. The number of halogens is 2. The van der Waals surface area contributed by atoms with Gasteiger partial charge in [0.2, 0.25) is 5.91 Å². The fraction of sp³-hybridized carbons (Fsp3) is 0.143. The molecular formula is C21H17ClFN5O2S. The van der Waals surface area contributed by atoms with Gasteiger partial charge < -0.3 is 5.32 Å². The summed E-state index contributed by atoms with van der Waals surface area (Å²) in [5.41, 5.74) is 2.05. The maximum Gasteiger partial charge on any atom is 0.350 e. The van der Waals surface area contributed by atoms with Crippen LogP contribution in [0.2, 0.25) is 5.02 Å². The zero-order valence-corrected chi connectivity index (χ0v) is 18.2. The van der Waals surface area contributed by atoms with E-state index in [1.54, 1.807) is 0 Å². The summed E-state index contributed by atoms with van der Waals surface area (Å²) in [7, 11) is 0. The Morgan fingerprint density at radius 3 is 2.77 bits per heavy atom. The summed E-state index contributed by atoms with van der Waals surface area (Å²) in [6.07, 6.45) is 3.00. The Hall–Kier alpha value is -3.17. The van der Waals surface area contributed by atoms with E-state index in [-0.39, 0.29) is 17.3 Å². The molecule has 2 heterocycles. The molecule has 0 saturated carbocycles. The molecule has 158 valence electrons. The van der Waals surface area contributed by atoms with Crippen molar-refractivity contribution in [2.75, 3.05) is 5.32 Å². The number of fused-ring (bicyclic) bond motifs is 1. The molecule has 0 aliphatic heterocycles. The first-order valence-corrected chi connectivity index (χ1v) is 10.5. The number of carbonyl (C=O) groups is 1. The van der Waals surface area contributed by atoms with E-state index in [0.29, 0.717) is 10.7 Å². The van der Waals surface area contributed by atoms with Crippen molar-refractivity contribution in [3.05, 3.63) is 81.2 Å².